The van der Waals surface area contributed by atoms with Gasteiger partial charge in [-0.25, -0.2) is 19.7 Å². The van der Waals surface area contributed by atoms with Crippen molar-refractivity contribution in [3.63, 3.8) is 0 Å². The average molecular weight is 236 g/mol. The molecule has 0 radical (unpaired) electrons. The van der Waals surface area contributed by atoms with Gasteiger partial charge in [-0.15, -0.1) is 0 Å². The van der Waals surface area contributed by atoms with Crippen molar-refractivity contribution in [1.29, 1.82) is 0 Å². The van der Waals surface area contributed by atoms with Crippen LogP contribution in [0.4, 0.5) is 11.1 Å². The number of carbonyl (C=O) groups is 1. The molecule has 6 nitrogen and oxygen atoms in total. The van der Waals surface area contributed by atoms with Gasteiger partial charge in [0.15, 0.2) is 5.13 Å². The van der Waals surface area contributed by atoms with Crippen LogP contribution in [0.3, 0.4) is 0 Å². The molecule has 82 valence electrons. The summed E-state index contributed by atoms with van der Waals surface area (Å²) in [4.78, 5) is 23.6. The molecule has 16 heavy (non-hydrogen) atoms. The van der Waals surface area contributed by atoms with Gasteiger partial charge in [-0.3, -0.25) is 0 Å². The van der Waals surface area contributed by atoms with Crippen LogP contribution in [-0.2, 0) is 4.74 Å². The minimum absolute atomic E-state index is 0.403. The summed E-state index contributed by atoms with van der Waals surface area (Å²) in [5, 5.41) is 3.43. The Morgan fingerprint density at radius 2 is 2.12 bits per heavy atom. The Bertz CT molecular complexity index is 485. The molecule has 0 aromatic carbocycles. The van der Waals surface area contributed by atoms with E-state index in [2.05, 4.69) is 25.0 Å². The molecule has 0 atom stereocenters. The standard InChI is InChI=1S/C9H8N4O2S/c1-15-7(14)6-5-12-9(16-6)13-8-10-3-2-4-11-8/h2-5H,1H3,(H,10,11,12,13). The van der Waals surface area contributed by atoms with Crippen LogP contribution in [0, 0.1) is 0 Å². The van der Waals surface area contributed by atoms with Crippen LogP contribution >= 0.6 is 11.3 Å². The Morgan fingerprint density at radius 1 is 1.38 bits per heavy atom. The second-order valence-corrected chi connectivity index (χ2v) is 3.75. The van der Waals surface area contributed by atoms with E-state index in [0.29, 0.717) is 16.0 Å². The summed E-state index contributed by atoms with van der Waals surface area (Å²) in [5.41, 5.74) is 0. The third kappa shape index (κ3) is 2.31. The summed E-state index contributed by atoms with van der Waals surface area (Å²) in [7, 11) is 1.33. The molecular weight excluding hydrogens is 228 g/mol. The van der Waals surface area contributed by atoms with E-state index in [4.69, 9.17) is 0 Å². The van der Waals surface area contributed by atoms with Gasteiger partial charge in [0.05, 0.1) is 13.3 Å². The minimum atomic E-state index is -0.403. The lowest BCUT2D eigenvalue weighted by Crippen LogP contribution is -1.97. The van der Waals surface area contributed by atoms with Gasteiger partial charge in [0.2, 0.25) is 5.95 Å². The number of carbonyl (C=O) groups excluding carboxylic acids is 1. The molecule has 0 aliphatic rings. The second-order valence-electron chi connectivity index (χ2n) is 2.72. The Balaban J connectivity index is 2.12. The van der Waals surface area contributed by atoms with Crippen LogP contribution in [0.1, 0.15) is 9.67 Å². The third-order valence-electron chi connectivity index (χ3n) is 1.68. The summed E-state index contributed by atoms with van der Waals surface area (Å²) < 4.78 is 4.57. The Hall–Kier alpha value is -2.02. The quantitative estimate of drug-likeness (QED) is 0.813. The van der Waals surface area contributed by atoms with Gasteiger partial charge in [-0.05, 0) is 6.07 Å². The molecule has 0 aliphatic carbocycles. The fourth-order valence-electron chi connectivity index (χ4n) is 0.986. The number of ether oxygens (including phenoxy) is 1. The fourth-order valence-corrected chi connectivity index (χ4v) is 1.71. The topological polar surface area (TPSA) is 77.0 Å². The summed E-state index contributed by atoms with van der Waals surface area (Å²) in [5.74, 6) is 0.0350. The maximum absolute atomic E-state index is 11.2. The molecule has 0 saturated carbocycles. The molecule has 0 amide bonds. The number of nitrogens with zero attached hydrogens (tertiary/aromatic N) is 3. The van der Waals surface area contributed by atoms with Gasteiger partial charge < -0.3 is 10.1 Å². The maximum atomic E-state index is 11.2. The number of rotatable bonds is 3. The van der Waals surface area contributed by atoms with E-state index in [-0.39, 0.29) is 0 Å². The lowest BCUT2D eigenvalue weighted by Gasteiger charge is -1.97. The molecule has 2 heterocycles. The van der Waals surface area contributed by atoms with Crippen LogP contribution in [0.15, 0.2) is 24.7 Å². The van der Waals surface area contributed by atoms with Crippen molar-refractivity contribution in [3.05, 3.63) is 29.5 Å². The lowest BCUT2D eigenvalue weighted by molar-refractivity contribution is 0.0606. The van der Waals surface area contributed by atoms with Gasteiger partial charge in [0, 0.05) is 12.4 Å². The van der Waals surface area contributed by atoms with Gasteiger partial charge in [-0.1, -0.05) is 11.3 Å². The highest BCUT2D eigenvalue weighted by molar-refractivity contribution is 7.17. The third-order valence-corrected chi connectivity index (χ3v) is 2.57. The fraction of sp³-hybridized carbons (Fsp3) is 0.111. The number of hydrogen-bond donors (Lipinski definition) is 1. The van der Waals surface area contributed by atoms with E-state index in [0.717, 1.165) is 0 Å². The molecule has 2 aromatic heterocycles. The molecule has 1 N–H and O–H groups in total. The largest absolute Gasteiger partial charge is 0.465 e. The number of nitrogens with one attached hydrogen (secondary N) is 1. The predicted molar refractivity (Wildman–Crippen MR) is 58.8 cm³/mol. The molecule has 2 rings (SSSR count). The van der Waals surface area contributed by atoms with E-state index in [1.807, 2.05) is 0 Å². The van der Waals surface area contributed by atoms with Crippen molar-refractivity contribution in [2.75, 3.05) is 12.4 Å². The van der Waals surface area contributed by atoms with Gasteiger partial charge in [-0.2, -0.15) is 0 Å². The Labute approximate surface area is 95.3 Å². The first-order chi connectivity index (χ1) is 7.79. The van der Waals surface area contributed by atoms with E-state index in [1.54, 1.807) is 18.5 Å². The number of hydrogen-bond acceptors (Lipinski definition) is 7. The summed E-state index contributed by atoms with van der Waals surface area (Å²) >= 11 is 1.18. The van der Waals surface area contributed by atoms with E-state index >= 15 is 0 Å². The molecule has 0 bridgehead atoms. The Morgan fingerprint density at radius 3 is 2.81 bits per heavy atom. The highest BCUT2D eigenvalue weighted by Gasteiger charge is 2.10. The normalized spacial score (nSPS) is 9.81. The first kappa shape index (κ1) is 10.5. The van der Waals surface area contributed by atoms with Crippen molar-refractivity contribution >= 4 is 28.4 Å². The van der Waals surface area contributed by atoms with Crippen molar-refractivity contribution in [2.24, 2.45) is 0 Å². The smallest absolute Gasteiger partial charge is 0.349 e. The molecule has 2 aromatic rings. The summed E-state index contributed by atoms with van der Waals surface area (Å²) in [6.07, 6.45) is 4.68. The minimum Gasteiger partial charge on any atom is -0.465 e. The van der Waals surface area contributed by atoms with Crippen LogP contribution in [0.2, 0.25) is 0 Å². The van der Waals surface area contributed by atoms with E-state index in [1.165, 1.54) is 24.6 Å². The van der Waals surface area contributed by atoms with Crippen molar-refractivity contribution in [3.8, 4) is 0 Å². The summed E-state index contributed by atoms with van der Waals surface area (Å²) in [6.45, 7) is 0. The molecule has 0 aliphatic heterocycles. The van der Waals surface area contributed by atoms with E-state index in [9.17, 15) is 4.79 Å². The lowest BCUT2D eigenvalue weighted by atomic mass is 10.6. The number of esters is 1. The van der Waals surface area contributed by atoms with Crippen LogP contribution < -0.4 is 5.32 Å². The summed E-state index contributed by atoms with van der Waals surface area (Å²) in [6, 6.07) is 1.72. The van der Waals surface area contributed by atoms with Gasteiger partial charge in [0.25, 0.3) is 0 Å². The van der Waals surface area contributed by atoms with Gasteiger partial charge in [0.1, 0.15) is 4.88 Å². The molecule has 0 saturated heterocycles. The number of thiazole rings is 1. The van der Waals surface area contributed by atoms with Crippen molar-refractivity contribution in [2.45, 2.75) is 0 Å². The zero-order chi connectivity index (χ0) is 11.4. The highest BCUT2D eigenvalue weighted by atomic mass is 32.1. The zero-order valence-electron chi connectivity index (χ0n) is 8.38. The van der Waals surface area contributed by atoms with Crippen molar-refractivity contribution < 1.29 is 9.53 Å². The molecule has 7 heteroatoms. The molecule has 0 unspecified atom stereocenters. The monoisotopic (exact) mass is 236 g/mol. The first-order valence-electron chi connectivity index (χ1n) is 4.38. The SMILES string of the molecule is COC(=O)c1cnc(Nc2ncccn2)s1. The maximum Gasteiger partial charge on any atom is 0.349 e. The van der Waals surface area contributed by atoms with Gasteiger partial charge >= 0.3 is 5.97 Å². The molecule has 0 fully saturated rings. The van der Waals surface area contributed by atoms with Crippen molar-refractivity contribution in [1.82, 2.24) is 15.0 Å². The predicted octanol–water partition coefficient (Wildman–Crippen LogP) is 1.46. The molecular formula is C9H8N4O2S. The van der Waals surface area contributed by atoms with E-state index < -0.39 is 5.97 Å². The molecule has 0 spiro atoms. The first-order valence-corrected chi connectivity index (χ1v) is 5.19. The highest BCUT2D eigenvalue weighted by Crippen LogP contribution is 2.20. The number of aromatic nitrogens is 3. The average Bonchev–Trinajstić information content (AvgIpc) is 2.78. The second kappa shape index (κ2) is 4.67. The van der Waals surface area contributed by atoms with Crippen LogP contribution in [0.5, 0.6) is 0 Å². The number of methoxy groups -OCH3 is 1. The zero-order valence-corrected chi connectivity index (χ0v) is 9.19. The number of anilines is 2. The van der Waals surface area contributed by atoms with Crippen LogP contribution in [-0.4, -0.2) is 28.0 Å². The Kier molecular flexibility index (Phi) is 3.06. The van der Waals surface area contributed by atoms with Crippen LogP contribution in [0.25, 0.3) is 0 Å².